The van der Waals surface area contributed by atoms with Gasteiger partial charge in [0.25, 0.3) is 0 Å². The Morgan fingerprint density at radius 3 is 2.63 bits per heavy atom. The number of aryl methyl sites for hydroxylation is 1. The third-order valence-electron chi connectivity index (χ3n) is 2.78. The highest BCUT2D eigenvalue weighted by Gasteiger charge is 2.06. The van der Waals surface area contributed by atoms with Crippen molar-refractivity contribution in [1.82, 2.24) is 0 Å². The summed E-state index contributed by atoms with van der Waals surface area (Å²) < 4.78 is 0. The van der Waals surface area contributed by atoms with Crippen molar-refractivity contribution < 1.29 is 9.94 Å². The molecule has 0 bridgehead atoms. The van der Waals surface area contributed by atoms with Gasteiger partial charge >= 0.3 is 0 Å². The first-order valence-corrected chi connectivity index (χ1v) is 6.15. The van der Waals surface area contributed by atoms with Gasteiger partial charge in [0.05, 0.1) is 0 Å². The van der Waals surface area contributed by atoms with Crippen molar-refractivity contribution in [2.24, 2.45) is 0 Å². The number of hydrogen-bond donors (Lipinski definition) is 2. The molecule has 0 saturated heterocycles. The predicted molar refractivity (Wildman–Crippen MR) is 78.2 cm³/mol. The number of aromatic hydroxyl groups is 1. The van der Waals surface area contributed by atoms with Gasteiger partial charge in [0, 0.05) is 5.56 Å². The second-order valence-electron chi connectivity index (χ2n) is 4.21. The molecule has 0 amide bonds. The molecular formula is C16H17NO2. The van der Waals surface area contributed by atoms with Crippen molar-refractivity contribution in [2.45, 2.75) is 13.8 Å². The van der Waals surface area contributed by atoms with Crippen LogP contribution in [0.5, 0.6) is 11.5 Å². The standard InChI is InChI=1S/C16H17NO2/c1-3-7-13-9-6-10-14(18)16(13)17-19-15-11-5-4-8-12(15)2/h3-11,17-18H,1-2H3/b7-3-. The molecule has 0 radical (unpaired) electrons. The zero-order valence-corrected chi connectivity index (χ0v) is 11.1. The summed E-state index contributed by atoms with van der Waals surface area (Å²) in [6.45, 7) is 3.89. The Balaban J connectivity index is 2.22. The average Bonchev–Trinajstić information content (AvgIpc) is 2.40. The number of allylic oxidation sites excluding steroid dienone is 1. The number of nitrogens with one attached hydrogen (secondary N) is 1. The quantitative estimate of drug-likeness (QED) is 0.637. The van der Waals surface area contributed by atoms with Crippen molar-refractivity contribution in [3.63, 3.8) is 0 Å². The van der Waals surface area contributed by atoms with Gasteiger partial charge in [-0.2, -0.15) is 0 Å². The molecule has 2 rings (SSSR count). The Kier molecular flexibility index (Phi) is 4.08. The smallest absolute Gasteiger partial charge is 0.157 e. The highest BCUT2D eigenvalue weighted by molar-refractivity contribution is 5.71. The van der Waals surface area contributed by atoms with Crippen LogP contribution in [-0.2, 0) is 0 Å². The molecule has 0 spiro atoms. The number of benzene rings is 2. The molecule has 0 aromatic heterocycles. The van der Waals surface area contributed by atoms with Gasteiger partial charge in [-0.3, -0.25) is 0 Å². The summed E-state index contributed by atoms with van der Waals surface area (Å²) in [5.41, 5.74) is 5.28. The number of rotatable bonds is 4. The minimum Gasteiger partial charge on any atom is -0.506 e. The first-order valence-electron chi connectivity index (χ1n) is 6.15. The fraction of sp³-hybridized carbons (Fsp3) is 0.125. The number of phenols is 1. The summed E-state index contributed by atoms with van der Waals surface area (Å²) in [5, 5.41) is 9.89. The van der Waals surface area contributed by atoms with Crippen molar-refractivity contribution >= 4 is 11.8 Å². The lowest BCUT2D eigenvalue weighted by molar-refractivity contribution is 0.393. The predicted octanol–water partition coefficient (Wildman–Crippen LogP) is 4.14. The van der Waals surface area contributed by atoms with Gasteiger partial charge in [0.2, 0.25) is 0 Å². The second-order valence-corrected chi connectivity index (χ2v) is 4.21. The maximum absolute atomic E-state index is 9.89. The van der Waals surface area contributed by atoms with Crippen LogP contribution < -0.4 is 10.3 Å². The van der Waals surface area contributed by atoms with Crippen molar-refractivity contribution in [3.05, 3.63) is 59.7 Å². The summed E-state index contributed by atoms with van der Waals surface area (Å²) in [6, 6.07) is 13.0. The molecule has 0 aliphatic carbocycles. The summed E-state index contributed by atoms with van der Waals surface area (Å²) >= 11 is 0. The van der Waals surface area contributed by atoms with Crippen LogP contribution >= 0.6 is 0 Å². The average molecular weight is 255 g/mol. The second kappa shape index (κ2) is 5.96. The molecule has 3 heteroatoms. The summed E-state index contributed by atoms with van der Waals surface area (Å²) in [6.07, 6.45) is 3.82. The molecule has 2 aromatic rings. The fourth-order valence-corrected chi connectivity index (χ4v) is 1.76. The van der Waals surface area contributed by atoms with Crippen LogP contribution in [-0.4, -0.2) is 5.11 Å². The van der Waals surface area contributed by atoms with E-state index in [-0.39, 0.29) is 5.75 Å². The molecule has 0 aliphatic rings. The normalized spacial score (nSPS) is 10.6. The number of anilines is 1. The third-order valence-corrected chi connectivity index (χ3v) is 2.78. The van der Waals surface area contributed by atoms with Crippen LogP contribution in [0.15, 0.2) is 48.5 Å². The minimum absolute atomic E-state index is 0.157. The molecular weight excluding hydrogens is 238 g/mol. The highest BCUT2D eigenvalue weighted by atomic mass is 16.6. The van der Waals surface area contributed by atoms with Crippen molar-refractivity contribution in [1.29, 1.82) is 0 Å². The lowest BCUT2D eigenvalue weighted by Gasteiger charge is -2.13. The van der Waals surface area contributed by atoms with Gasteiger partial charge < -0.3 is 9.94 Å². The molecule has 2 aromatic carbocycles. The van der Waals surface area contributed by atoms with Crippen LogP contribution in [0.2, 0.25) is 0 Å². The monoisotopic (exact) mass is 255 g/mol. The van der Waals surface area contributed by atoms with E-state index in [2.05, 4.69) is 5.48 Å². The van der Waals surface area contributed by atoms with Crippen LogP contribution in [0.3, 0.4) is 0 Å². The van der Waals surface area contributed by atoms with E-state index in [0.29, 0.717) is 5.69 Å². The van der Waals surface area contributed by atoms with Crippen molar-refractivity contribution in [2.75, 3.05) is 5.48 Å². The van der Waals surface area contributed by atoms with Gasteiger partial charge in [0.15, 0.2) is 5.75 Å². The Bertz CT molecular complexity index is 591. The molecule has 0 aliphatic heterocycles. The number of phenolic OH excluding ortho intramolecular Hbond substituents is 1. The zero-order valence-electron chi connectivity index (χ0n) is 11.1. The van der Waals surface area contributed by atoms with Gasteiger partial charge in [-0.05, 0) is 31.5 Å². The van der Waals surface area contributed by atoms with Crippen LogP contribution in [0.1, 0.15) is 18.1 Å². The Labute approximate surface area is 113 Å². The van der Waals surface area contributed by atoms with E-state index < -0.39 is 0 Å². The first-order chi connectivity index (χ1) is 9.22. The Morgan fingerprint density at radius 1 is 1.11 bits per heavy atom. The first kappa shape index (κ1) is 13.0. The number of para-hydroxylation sites is 2. The Hall–Kier alpha value is -2.42. The van der Waals surface area contributed by atoms with Crippen LogP contribution in [0, 0.1) is 6.92 Å². The molecule has 98 valence electrons. The third kappa shape index (κ3) is 3.07. The summed E-state index contributed by atoms with van der Waals surface area (Å²) in [5.74, 6) is 0.890. The molecule has 3 nitrogen and oxygen atoms in total. The summed E-state index contributed by atoms with van der Waals surface area (Å²) in [4.78, 5) is 5.55. The maximum Gasteiger partial charge on any atom is 0.157 e. The van der Waals surface area contributed by atoms with E-state index >= 15 is 0 Å². The molecule has 19 heavy (non-hydrogen) atoms. The van der Waals surface area contributed by atoms with Crippen LogP contribution in [0.4, 0.5) is 5.69 Å². The minimum atomic E-state index is 0.157. The van der Waals surface area contributed by atoms with Gasteiger partial charge in [-0.15, -0.1) is 0 Å². The zero-order chi connectivity index (χ0) is 13.7. The molecule has 0 fully saturated rings. The van der Waals surface area contributed by atoms with E-state index in [1.54, 1.807) is 12.1 Å². The highest BCUT2D eigenvalue weighted by Crippen LogP contribution is 2.29. The van der Waals surface area contributed by atoms with E-state index in [4.69, 9.17) is 4.84 Å². The van der Waals surface area contributed by atoms with Gasteiger partial charge in [-0.25, -0.2) is 5.48 Å². The largest absolute Gasteiger partial charge is 0.506 e. The van der Waals surface area contributed by atoms with E-state index in [1.165, 1.54) is 0 Å². The lowest BCUT2D eigenvalue weighted by atomic mass is 10.1. The molecule has 0 heterocycles. The molecule has 0 unspecified atom stereocenters. The maximum atomic E-state index is 9.89. The van der Waals surface area contributed by atoms with E-state index in [0.717, 1.165) is 16.9 Å². The van der Waals surface area contributed by atoms with E-state index in [9.17, 15) is 5.11 Å². The topological polar surface area (TPSA) is 41.5 Å². The van der Waals surface area contributed by atoms with Crippen molar-refractivity contribution in [3.8, 4) is 11.5 Å². The fourth-order valence-electron chi connectivity index (χ4n) is 1.76. The Morgan fingerprint density at radius 2 is 1.89 bits per heavy atom. The van der Waals surface area contributed by atoms with Gasteiger partial charge in [-0.1, -0.05) is 42.5 Å². The number of hydrogen-bond acceptors (Lipinski definition) is 3. The van der Waals surface area contributed by atoms with Crippen LogP contribution in [0.25, 0.3) is 6.08 Å². The van der Waals surface area contributed by atoms with Gasteiger partial charge in [0.1, 0.15) is 11.4 Å². The SMILES string of the molecule is C/C=C\c1cccc(O)c1NOc1ccccc1C. The van der Waals surface area contributed by atoms with E-state index in [1.807, 2.05) is 56.3 Å². The lowest BCUT2D eigenvalue weighted by Crippen LogP contribution is -2.07. The molecule has 2 N–H and O–H groups in total. The molecule has 0 atom stereocenters. The summed E-state index contributed by atoms with van der Waals surface area (Å²) in [7, 11) is 0. The molecule has 0 saturated carbocycles.